The second-order valence-corrected chi connectivity index (χ2v) is 7.90. The summed E-state index contributed by atoms with van der Waals surface area (Å²) in [5.41, 5.74) is 1.51. The van der Waals surface area contributed by atoms with Crippen LogP contribution in [-0.4, -0.2) is 24.5 Å². The van der Waals surface area contributed by atoms with Gasteiger partial charge in [-0.2, -0.15) is 0 Å². The van der Waals surface area contributed by atoms with Gasteiger partial charge in [-0.3, -0.25) is 0 Å². The fraction of sp³-hybridized carbons (Fsp3) is 0.714. The van der Waals surface area contributed by atoms with Crippen LogP contribution in [0.2, 0.25) is 0 Å². The van der Waals surface area contributed by atoms with E-state index >= 15 is 0 Å². The predicted molar refractivity (Wildman–Crippen MR) is 78.6 cm³/mol. The Morgan fingerprint density at radius 2 is 2.39 bits per heavy atom. The first kappa shape index (κ1) is 13.0. The van der Waals surface area contributed by atoms with E-state index in [9.17, 15) is 0 Å². The van der Waals surface area contributed by atoms with Crippen LogP contribution >= 0.6 is 23.1 Å². The molecule has 18 heavy (non-hydrogen) atoms. The van der Waals surface area contributed by atoms with Crippen molar-refractivity contribution in [2.45, 2.75) is 54.2 Å². The van der Waals surface area contributed by atoms with Crippen molar-refractivity contribution in [3.63, 3.8) is 0 Å². The first-order valence-electron chi connectivity index (χ1n) is 6.92. The van der Waals surface area contributed by atoms with Crippen LogP contribution in [-0.2, 0) is 4.74 Å². The van der Waals surface area contributed by atoms with Gasteiger partial charge in [-0.05, 0) is 42.7 Å². The smallest absolute Gasteiger partial charge is 0.0699 e. The van der Waals surface area contributed by atoms with Crippen molar-refractivity contribution in [3.8, 4) is 0 Å². The molecule has 4 heteroatoms. The summed E-state index contributed by atoms with van der Waals surface area (Å²) in [4.78, 5) is 0. The van der Waals surface area contributed by atoms with Crippen LogP contribution in [0.1, 0.15) is 44.2 Å². The lowest BCUT2D eigenvalue weighted by Gasteiger charge is -2.30. The fourth-order valence-corrected chi connectivity index (χ4v) is 5.35. The Morgan fingerprint density at radius 1 is 1.44 bits per heavy atom. The molecule has 1 aromatic rings. The molecule has 0 saturated carbocycles. The first-order chi connectivity index (χ1) is 8.83. The van der Waals surface area contributed by atoms with Crippen molar-refractivity contribution < 1.29 is 4.74 Å². The summed E-state index contributed by atoms with van der Waals surface area (Å²) in [7, 11) is 0. The molecule has 3 atom stereocenters. The Balaban J connectivity index is 1.59. The molecule has 0 radical (unpaired) electrons. The van der Waals surface area contributed by atoms with E-state index in [0.29, 0.717) is 12.1 Å². The molecular formula is C14H21NOS2. The van der Waals surface area contributed by atoms with E-state index < -0.39 is 0 Å². The summed E-state index contributed by atoms with van der Waals surface area (Å²) in [6.45, 7) is 4.30. The molecule has 3 rings (SSSR count). The van der Waals surface area contributed by atoms with Gasteiger partial charge in [0.15, 0.2) is 0 Å². The van der Waals surface area contributed by atoms with Gasteiger partial charge in [-0.1, -0.05) is 6.92 Å². The monoisotopic (exact) mass is 283 g/mol. The van der Waals surface area contributed by atoms with Gasteiger partial charge in [-0.25, -0.2) is 0 Å². The molecule has 3 heterocycles. The maximum absolute atomic E-state index is 5.80. The maximum atomic E-state index is 5.80. The molecule has 2 nitrogen and oxygen atoms in total. The molecule has 1 saturated heterocycles. The van der Waals surface area contributed by atoms with Crippen LogP contribution in [0.4, 0.5) is 0 Å². The second kappa shape index (κ2) is 5.95. The quantitative estimate of drug-likeness (QED) is 0.911. The normalized spacial score (nSPS) is 32.2. The van der Waals surface area contributed by atoms with Gasteiger partial charge in [-0.15, -0.1) is 23.1 Å². The van der Waals surface area contributed by atoms with Crippen molar-refractivity contribution in [1.29, 1.82) is 0 Å². The molecule has 0 aliphatic carbocycles. The highest BCUT2D eigenvalue weighted by molar-refractivity contribution is 8.01. The number of rotatable bonds is 3. The highest BCUT2D eigenvalue weighted by Crippen LogP contribution is 2.43. The molecular weight excluding hydrogens is 262 g/mol. The van der Waals surface area contributed by atoms with Crippen molar-refractivity contribution in [2.24, 2.45) is 0 Å². The first-order valence-corrected chi connectivity index (χ1v) is 8.68. The molecule has 1 fully saturated rings. The van der Waals surface area contributed by atoms with Gasteiger partial charge in [0, 0.05) is 24.4 Å². The minimum absolute atomic E-state index is 0.436. The van der Waals surface area contributed by atoms with Gasteiger partial charge in [0.05, 0.1) is 10.3 Å². The van der Waals surface area contributed by atoms with Crippen LogP contribution in [0.15, 0.2) is 15.7 Å². The zero-order valence-electron chi connectivity index (χ0n) is 10.9. The average molecular weight is 283 g/mol. The summed E-state index contributed by atoms with van der Waals surface area (Å²) in [5, 5.41) is 6.68. The second-order valence-electron chi connectivity index (χ2n) is 5.28. The summed E-state index contributed by atoms with van der Waals surface area (Å²) in [5.74, 6) is 0. The summed E-state index contributed by atoms with van der Waals surface area (Å²) in [6.07, 6.45) is 5.46. The van der Waals surface area contributed by atoms with E-state index in [2.05, 4.69) is 23.7 Å². The Morgan fingerprint density at radius 3 is 3.22 bits per heavy atom. The third-order valence-electron chi connectivity index (χ3n) is 3.78. The van der Waals surface area contributed by atoms with Gasteiger partial charge >= 0.3 is 0 Å². The highest BCUT2D eigenvalue weighted by Gasteiger charge is 2.26. The maximum Gasteiger partial charge on any atom is 0.0699 e. The Hall–Kier alpha value is -0.0300. The molecule has 2 unspecified atom stereocenters. The largest absolute Gasteiger partial charge is 0.377 e. The highest BCUT2D eigenvalue weighted by atomic mass is 32.2. The van der Waals surface area contributed by atoms with Gasteiger partial charge in [0.25, 0.3) is 0 Å². The molecule has 0 spiro atoms. The van der Waals surface area contributed by atoms with Crippen molar-refractivity contribution in [2.75, 3.05) is 13.2 Å². The minimum Gasteiger partial charge on any atom is -0.377 e. The Kier molecular flexibility index (Phi) is 4.29. The number of nitrogens with one attached hydrogen (secondary N) is 1. The van der Waals surface area contributed by atoms with Crippen LogP contribution < -0.4 is 5.32 Å². The fourth-order valence-electron chi connectivity index (χ4n) is 2.78. The molecule has 0 bridgehead atoms. The van der Waals surface area contributed by atoms with E-state index in [1.165, 1.54) is 35.5 Å². The van der Waals surface area contributed by atoms with Crippen molar-refractivity contribution >= 4 is 23.1 Å². The topological polar surface area (TPSA) is 21.3 Å². The number of hydrogen-bond donors (Lipinski definition) is 1. The Bertz CT molecular complexity index is 387. The van der Waals surface area contributed by atoms with E-state index in [0.717, 1.165) is 18.4 Å². The van der Waals surface area contributed by atoms with Crippen LogP contribution in [0.5, 0.6) is 0 Å². The van der Waals surface area contributed by atoms with E-state index in [1.807, 2.05) is 23.1 Å². The minimum atomic E-state index is 0.436. The number of thiophene rings is 1. The van der Waals surface area contributed by atoms with E-state index in [4.69, 9.17) is 4.74 Å². The summed E-state index contributed by atoms with van der Waals surface area (Å²) >= 11 is 3.92. The van der Waals surface area contributed by atoms with Crippen LogP contribution in [0.3, 0.4) is 0 Å². The van der Waals surface area contributed by atoms with Gasteiger partial charge in [0.2, 0.25) is 0 Å². The average Bonchev–Trinajstić information content (AvgIpc) is 2.85. The molecule has 0 amide bonds. The van der Waals surface area contributed by atoms with Crippen LogP contribution in [0.25, 0.3) is 0 Å². The van der Waals surface area contributed by atoms with Gasteiger partial charge < -0.3 is 10.1 Å². The zero-order valence-corrected chi connectivity index (χ0v) is 12.5. The zero-order chi connectivity index (χ0) is 12.4. The molecule has 1 aromatic heterocycles. The Labute approximate surface area is 117 Å². The summed E-state index contributed by atoms with van der Waals surface area (Å²) < 4.78 is 7.31. The van der Waals surface area contributed by atoms with Gasteiger partial charge in [0.1, 0.15) is 0 Å². The lowest BCUT2D eigenvalue weighted by molar-refractivity contribution is 0.0151. The van der Waals surface area contributed by atoms with E-state index in [1.54, 1.807) is 0 Å². The molecule has 2 aliphatic heterocycles. The molecule has 100 valence electrons. The van der Waals surface area contributed by atoms with Crippen LogP contribution in [0, 0.1) is 0 Å². The SMILES string of the molecule is C[C@H]1CC(NCC2CCCCO2)c2ccsc2S1. The molecule has 1 N–H and O–H groups in total. The molecule has 2 aliphatic rings. The lowest BCUT2D eigenvalue weighted by Crippen LogP contribution is -2.35. The molecule has 0 aromatic carbocycles. The number of thioether (sulfide) groups is 1. The lowest BCUT2D eigenvalue weighted by atomic mass is 10.0. The summed E-state index contributed by atoms with van der Waals surface area (Å²) in [6, 6.07) is 2.83. The van der Waals surface area contributed by atoms with E-state index in [-0.39, 0.29) is 0 Å². The van der Waals surface area contributed by atoms with Crippen molar-refractivity contribution in [1.82, 2.24) is 5.32 Å². The number of ether oxygens (including phenoxy) is 1. The third-order valence-corrected chi connectivity index (χ3v) is 6.12. The number of hydrogen-bond acceptors (Lipinski definition) is 4. The van der Waals surface area contributed by atoms with Crippen molar-refractivity contribution in [3.05, 3.63) is 17.0 Å². The predicted octanol–water partition coefficient (Wildman–Crippen LogP) is 3.83. The third kappa shape index (κ3) is 2.93. The number of fused-ring (bicyclic) bond motifs is 1. The standard InChI is InChI=1S/C14H21NOS2/c1-10-8-13(12-5-7-17-14(12)18-10)15-9-11-4-2-3-6-16-11/h5,7,10-11,13,15H,2-4,6,8-9H2,1H3/t10-,11?,13?/m0/s1.